The number of carboxylic acid groups (broad SMARTS) is 1. The van der Waals surface area contributed by atoms with E-state index < -0.39 is 5.97 Å². The molecule has 0 fully saturated rings. The second-order valence-corrected chi connectivity index (χ2v) is 7.67. The van der Waals surface area contributed by atoms with Crippen molar-refractivity contribution in [1.29, 1.82) is 0 Å². The van der Waals surface area contributed by atoms with Crippen molar-refractivity contribution in [3.05, 3.63) is 24.3 Å². The number of para-hydroxylation sites is 2. The summed E-state index contributed by atoms with van der Waals surface area (Å²) in [5.41, 5.74) is 0.703. The summed E-state index contributed by atoms with van der Waals surface area (Å²) < 4.78 is 10.3. The molecule has 1 amide bonds. The highest BCUT2D eigenvalue weighted by Gasteiger charge is 2.15. The Kier molecular flexibility index (Phi) is 13.8. The van der Waals surface area contributed by atoms with Gasteiger partial charge in [-0.05, 0) is 31.4 Å². The molecule has 0 aliphatic rings. The molecule has 31 heavy (non-hydrogen) atoms. The molecule has 7 heteroatoms. The zero-order chi connectivity index (χ0) is 22.9. The zero-order valence-electron chi connectivity index (χ0n) is 18.9. The summed E-state index contributed by atoms with van der Waals surface area (Å²) in [7, 11) is 3.17. The molecule has 1 N–H and O–H groups in total. The summed E-state index contributed by atoms with van der Waals surface area (Å²) in [6, 6.07) is 7.33. The maximum absolute atomic E-state index is 12.6. The largest absolute Gasteiger partial charge is 0.491 e. The van der Waals surface area contributed by atoms with Crippen molar-refractivity contribution in [3.8, 4) is 5.75 Å². The van der Waals surface area contributed by atoms with Gasteiger partial charge in [-0.3, -0.25) is 14.4 Å². The molecular weight excluding hydrogens is 398 g/mol. The Balaban J connectivity index is 2.22. The smallest absolute Gasteiger partial charge is 0.305 e. The maximum Gasteiger partial charge on any atom is 0.305 e. The lowest BCUT2D eigenvalue weighted by atomic mass is 10.1. The van der Waals surface area contributed by atoms with Crippen LogP contribution in [0.25, 0.3) is 0 Å². The summed E-state index contributed by atoms with van der Waals surface area (Å²) in [5.74, 6) is -0.343. The molecule has 0 radical (unpaired) electrons. The highest BCUT2D eigenvalue weighted by Crippen LogP contribution is 2.28. The van der Waals surface area contributed by atoms with Crippen LogP contribution in [0.3, 0.4) is 0 Å². The Morgan fingerprint density at radius 2 is 1.42 bits per heavy atom. The van der Waals surface area contributed by atoms with E-state index in [1.165, 1.54) is 7.11 Å². The number of benzene rings is 1. The van der Waals surface area contributed by atoms with Crippen LogP contribution in [-0.4, -0.2) is 43.7 Å². The number of nitrogens with zero attached hydrogens (tertiary/aromatic N) is 1. The molecule has 1 rings (SSSR count). The van der Waals surface area contributed by atoms with Crippen LogP contribution in [0.2, 0.25) is 0 Å². The van der Waals surface area contributed by atoms with Crippen LogP contribution >= 0.6 is 0 Å². The van der Waals surface area contributed by atoms with Gasteiger partial charge < -0.3 is 19.5 Å². The standard InChI is InChI=1S/C24H37NO6/c1-25(20-14-11-12-15-21(20)31-19-13-17-23(27)28)22(26)16-9-7-5-3-4-6-8-10-18-24(29)30-2/h11-12,14-15H,3-10,13,16-19H2,1-2H3,(H,27,28). The van der Waals surface area contributed by atoms with E-state index in [0.29, 0.717) is 37.3 Å². The fraction of sp³-hybridized carbons (Fsp3) is 0.625. The van der Waals surface area contributed by atoms with Crippen LogP contribution < -0.4 is 9.64 Å². The summed E-state index contributed by atoms with van der Waals surface area (Å²) in [5, 5.41) is 8.71. The Morgan fingerprint density at radius 1 is 0.839 bits per heavy atom. The van der Waals surface area contributed by atoms with Crippen LogP contribution in [0.15, 0.2) is 24.3 Å². The number of unbranched alkanes of at least 4 members (excludes halogenated alkanes) is 7. The molecule has 0 aliphatic heterocycles. The normalized spacial score (nSPS) is 10.5. The number of carboxylic acids is 1. The van der Waals surface area contributed by atoms with E-state index in [9.17, 15) is 14.4 Å². The van der Waals surface area contributed by atoms with Gasteiger partial charge in [-0.25, -0.2) is 0 Å². The first-order valence-corrected chi connectivity index (χ1v) is 11.2. The third-order valence-electron chi connectivity index (χ3n) is 5.14. The van der Waals surface area contributed by atoms with Crippen LogP contribution in [0.5, 0.6) is 5.75 Å². The predicted molar refractivity (Wildman–Crippen MR) is 120 cm³/mol. The number of ether oxygens (including phenoxy) is 2. The third kappa shape index (κ3) is 12.0. The maximum atomic E-state index is 12.6. The molecule has 174 valence electrons. The van der Waals surface area contributed by atoms with Crippen molar-refractivity contribution in [3.63, 3.8) is 0 Å². The lowest BCUT2D eigenvalue weighted by Gasteiger charge is -2.20. The van der Waals surface area contributed by atoms with Gasteiger partial charge in [0.1, 0.15) is 5.75 Å². The number of methoxy groups -OCH3 is 1. The topological polar surface area (TPSA) is 93.1 Å². The monoisotopic (exact) mass is 435 g/mol. The molecule has 0 spiro atoms. The van der Waals surface area contributed by atoms with Gasteiger partial charge in [-0.2, -0.15) is 0 Å². The molecule has 0 unspecified atom stereocenters. The van der Waals surface area contributed by atoms with Gasteiger partial charge in [0.2, 0.25) is 5.91 Å². The van der Waals surface area contributed by atoms with Gasteiger partial charge in [0.15, 0.2) is 0 Å². The fourth-order valence-corrected chi connectivity index (χ4v) is 3.27. The second-order valence-electron chi connectivity index (χ2n) is 7.67. The van der Waals surface area contributed by atoms with Crippen LogP contribution in [0, 0.1) is 0 Å². The fourth-order valence-electron chi connectivity index (χ4n) is 3.27. The Labute approximate surface area is 185 Å². The molecule has 1 aromatic rings. The van der Waals surface area contributed by atoms with Crippen molar-refractivity contribution < 1.29 is 29.0 Å². The van der Waals surface area contributed by atoms with E-state index in [2.05, 4.69) is 4.74 Å². The van der Waals surface area contributed by atoms with Crippen LogP contribution in [-0.2, 0) is 19.1 Å². The molecule has 0 saturated carbocycles. The second kappa shape index (κ2) is 16.2. The number of aliphatic carboxylic acids is 1. The minimum atomic E-state index is -0.845. The number of carbonyl (C=O) groups is 3. The molecule has 1 aromatic carbocycles. The highest BCUT2D eigenvalue weighted by atomic mass is 16.5. The van der Waals surface area contributed by atoms with Gasteiger partial charge in [-0.15, -0.1) is 0 Å². The summed E-state index contributed by atoms with van der Waals surface area (Å²) >= 11 is 0. The summed E-state index contributed by atoms with van der Waals surface area (Å²) in [6.07, 6.45) is 9.83. The molecular formula is C24H37NO6. The van der Waals surface area contributed by atoms with Gasteiger partial charge >= 0.3 is 11.9 Å². The Bertz CT molecular complexity index is 676. The third-order valence-corrected chi connectivity index (χ3v) is 5.14. The van der Waals surface area contributed by atoms with Crippen molar-refractivity contribution >= 4 is 23.5 Å². The van der Waals surface area contributed by atoms with Gasteiger partial charge in [-0.1, -0.05) is 50.7 Å². The van der Waals surface area contributed by atoms with Crippen molar-refractivity contribution in [2.24, 2.45) is 0 Å². The van der Waals surface area contributed by atoms with E-state index in [1.807, 2.05) is 18.2 Å². The molecule has 0 aliphatic carbocycles. The molecule has 0 bridgehead atoms. The van der Waals surface area contributed by atoms with Crippen molar-refractivity contribution in [2.45, 2.75) is 77.0 Å². The summed E-state index contributed by atoms with van der Waals surface area (Å²) in [6.45, 7) is 0.300. The number of esters is 1. The lowest BCUT2D eigenvalue weighted by Crippen LogP contribution is -2.26. The minimum Gasteiger partial charge on any atom is -0.491 e. The van der Waals surface area contributed by atoms with Gasteiger partial charge in [0.05, 0.1) is 19.4 Å². The number of anilines is 1. The Hall–Kier alpha value is -2.57. The predicted octanol–water partition coefficient (Wildman–Crippen LogP) is 4.97. The van der Waals surface area contributed by atoms with Gasteiger partial charge in [0, 0.05) is 26.3 Å². The minimum absolute atomic E-state index is 0.0457. The van der Waals surface area contributed by atoms with Crippen molar-refractivity contribution in [2.75, 3.05) is 25.7 Å². The van der Waals surface area contributed by atoms with E-state index in [1.54, 1.807) is 18.0 Å². The number of hydrogen-bond acceptors (Lipinski definition) is 5. The average Bonchev–Trinajstić information content (AvgIpc) is 2.77. The first-order chi connectivity index (χ1) is 15.0. The summed E-state index contributed by atoms with van der Waals surface area (Å²) in [4.78, 5) is 35.8. The molecule has 0 heterocycles. The molecule has 0 aromatic heterocycles. The van der Waals surface area contributed by atoms with E-state index in [0.717, 1.165) is 51.4 Å². The van der Waals surface area contributed by atoms with Crippen LogP contribution in [0.4, 0.5) is 5.69 Å². The van der Waals surface area contributed by atoms with Gasteiger partial charge in [0.25, 0.3) is 0 Å². The first-order valence-electron chi connectivity index (χ1n) is 11.2. The first kappa shape index (κ1) is 26.5. The molecule has 0 saturated heterocycles. The lowest BCUT2D eigenvalue weighted by molar-refractivity contribution is -0.141. The Morgan fingerprint density at radius 3 is 2.03 bits per heavy atom. The SMILES string of the molecule is COC(=O)CCCCCCCCCCC(=O)N(C)c1ccccc1OCCCC(=O)O. The number of amides is 1. The molecule has 0 atom stereocenters. The quantitative estimate of drug-likeness (QED) is 0.274. The zero-order valence-corrected chi connectivity index (χ0v) is 18.9. The highest BCUT2D eigenvalue weighted by molar-refractivity contribution is 5.94. The number of carbonyl (C=O) groups excluding carboxylic acids is 2. The molecule has 7 nitrogen and oxygen atoms in total. The van der Waals surface area contributed by atoms with E-state index >= 15 is 0 Å². The average molecular weight is 436 g/mol. The van der Waals surface area contributed by atoms with E-state index in [4.69, 9.17) is 9.84 Å². The number of hydrogen-bond donors (Lipinski definition) is 1. The van der Waals surface area contributed by atoms with E-state index in [-0.39, 0.29) is 18.3 Å². The number of rotatable bonds is 17. The van der Waals surface area contributed by atoms with Crippen molar-refractivity contribution in [1.82, 2.24) is 0 Å². The van der Waals surface area contributed by atoms with Crippen LogP contribution in [0.1, 0.15) is 77.0 Å².